The minimum absolute atomic E-state index is 0. The van der Waals surface area contributed by atoms with E-state index in [4.69, 9.17) is 5.73 Å². The molecule has 0 bridgehead atoms. The molecule has 0 aliphatic carbocycles. The lowest BCUT2D eigenvalue weighted by atomic mass is 10.2. The van der Waals surface area contributed by atoms with E-state index in [1.165, 1.54) is 4.90 Å². The molecule has 2 atom stereocenters. The maximum absolute atomic E-state index is 5.68. The molecular weight excluding hydrogens is 324 g/mol. The maximum Gasteiger partial charge on any atom is 0.284 e. The van der Waals surface area contributed by atoms with Crippen molar-refractivity contribution >= 4 is 22.7 Å². The highest BCUT2D eigenvalue weighted by atomic mass is 35.5. The molecule has 0 radical (unpaired) electrons. The Labute approximate surface area is 148 Å². The Kier molecular flexibility index (Phi) is 5.78. The molecule has 4 N–H and O–H groups in total. The highest BCUT2D eigenvalue weighted by molar-refractivity contribution is 5.63. The summed E-state index contributed by atoms with van der Waals surface area (Å²) in [5.41, 5.74) is 9.27. The number of halogens is 1. The van der Waals surface area contributed by atoms with Crippen LogP contribution in [0.5, 0.6) is 0 Å². The predicted molar refractivity (Wildman–Crippen MR) is 92.7 cm³/mol. The number of benzene rings is 2. The number of hydrogen-bond donors (Lipinski definition) is 3. The fourth-order valence-electron chi connectivity index (χ4n) is 2.36. The van der Waals surface area contributed by atoms with Crippen LogP contribution in [0.15, 0.2) is 71.2 Å². The van der Waals surface area contributed by atoms with E-state index in [1.807, 2.05) is 66.7 Å². The summed E-state index contributed by atoms with van der Waals surface area (Å²) in [5.74, 6) is 0. The van der Waals surface area contributed by atoms with Crippen molar-refractivity contribution in [2.45, 2.75) is 6.29 Å². The second kappa shape index (κ2) is 7.81. The zero-order valence-corrected chi connectivity index (χ0v) is 14.4. The average molecular weight is 345 g/mol. The molecule has 0 amide bonds. The van der Waals surface area contributed by atoms with Gasteiger partial charge in [0, 0.05) is 24.1 Å². The van der Waals surface area contributed by atoms with Crippen molar-refractivity contribution in [1.29, 1.82) is 0 Å². The SMILES string of the molecule is CN1C=C[NH+](C)C1N=Nc1ccc(Nc2ccc(N)cc2)cc1.[Cl-]. The summed E-state index contributed by atoms with van der Waals surface area (Å²) >= 11 is 0. The normalized spacial score (nSPS) is 19.5. The molecule has 2 aromatic rings. The number of nitrogens with two attached hydrogens (primary N) is 1. The second-order valence-corrected chi connectivity index (χ2v) is 5.61. The van der Waals surface area contributed by atoms with E-state index in [-0.39, 0.29) is 18.7 Å². The Morgan fingerprint density at radius 3 is 2.17 bits per heavy atom. The van der Waals surface area contributed by atoms with Gasteiger partial charge in [0.2, 0.25) is 0 Å². The monoisotopic (exact) mass is 344 g/mol. The first-order chi connectivity index (χ1) is 11.1. The van der Waals surface area contributed by atoms with Crippen LogP contribution in [0.4, 0.5) is 22.7 Å². The highest BCUT2D eigenvalue weighted by Gasteiger charge is 2.24. The zero-order valence-electron chi connectivity index (χ0n) is 13.6. The maximum atomic E-state index is 5.68. The van der Waals surface area contributed by atoms with E-state index < -0.39 is 0 Å². The van der Waals surface area contributed by atoms with Gasteiger partial charge in [0.1, 0.15) is 6.20 Å². The Morgan fingerprint density at radius 1 is 1.04 bits per heavy atom. The van der Waals surface area contributed by atoms with Crippen molar-refractivity contribution in [1.82, 2.24) is 4.90 Å². The predicted octanol–water partition coefficient (Wildman–Crippen LogP) is -0.685. The number of nitrogens with one attached hydrogen (secondary N) is 2. The quantitative estimate of drug-likeness (QED) is 0.508. The van der Waals surface area contributed by atoms with Crippen molar-refractivity contribution < 1.29 is 17.3 Å². The molecular formula is C17H21ClN6. The number of rotatable bonds is 4. The van der Waals surface area contributed by atoms with Crippen LogP contribution < -0.4 is 28.4 Å². The molecule has 0 saturated carbocycles. The minimum atomic E-state index is 0. The fraction of sp³-hybridized carbons (Fsp3) is 0.176. The lowest BCUT2D eigenvalue weighted by molar-refractivity contribution is -0.856. The third kappa shape index (κ3) is 4.24. The number of nitrogen functional groups attached to an aromatic ring is 1. The van der Waals surface area contributed by atoms with E-state index in [9.17, 15) is 0 Å². The van der Waals surface area contributed by atoms with Gasteiger partial charge in [-0.05, 0) is 48.5 Å². The summed E-state index contributed by atoms with van der Waals surface area (Å²) in [6.07, 6.45) is 4.07. The number of nitrogens with zero attached hydrogens (tertiary/aromatic N) is 3. The van der Waals surface area contributed by atoms with E-state index in [0.717, 1.165) is 22.7 Å². The van der Waals surface area contributed by atoms with Gasteiger partial charge in [-0.2, -0.15) is 0 Å². The Balaban J connectivity index is 0.00000208. The fourth-order valence-corrected chi connectivity index (χ4v) is 2.36. The molecule has 3 rings (SSSR count). The van der Waals surface area contributed by atoms with Crippen molar-refractivity contribution in [3.63, 3.8) is 0 Å². The summed E-state index contributed by atoms with van der Waals surface area (Å²) in [5, 5.41) is 12.0. The Morgan fingerprint density at radius 2 is 1.62 bits per heavy atom. The third-order valence-corrected chi connectivity index (χ3v) is 3.71. The molecule has 6 nitrogen and oxygen atoms in total. The lowest BCUT2D eigenvalue weighted by Gasteiger charge is -2.16. The van der Waals surface area contributed by atoms with Gasteiger partial charge in [-0.15, -0.1) is 10.2 Å². The smallest absolute Gasteiger partial charge is 0.284 e. The molecule has 1 aliphatic rings. The van der Waals surface area contributed by atoms with Crippen LogP contribution in [0.2, 0.25) is 0 Å². The van der Waals surface area contributed by atoms with E-state index in [2.05, 4.69) is 28.8 Å². The molecule has 0 fully saturated rings. The minimum Gasteiger partial charge on any atom is -1.00 e. The second-order valence-electron chi connectivity index (χ2n) is 5.61. The van der Waals surface area contributed by atoms with Gasteiger partial charge in [0.05, 0.1) is 18.9 Å². The van der Waals surface area contributed by atoms with Crippen LogP contribution in [0, 0.1) is 0 Å². The van der Waals surface area contributed by atoms with Crippen LogP contribution in [-0.4, -0.2) is 25.3 Å². The summed E-state index contributed by atoms with van der Waals surface area (Å²) < 4.78 is 0. The average Bonchev–Trinajstić information content (AvgIpc) is 2.88. The van der Waals surface area contributed by atoms with Gasteiger partial charge < -0.3 is 28.4 Å². The first kappa shape index (κ1) is 17.8. The number of azo groups is 1. The van der Waals surface area contributed by atoms with Gasteiger partial charge in [-0.1, -0.05) is 0 Å². The molecule has 1 heterocycles. The molecule has 24 heavy (non-hydrogen) atoms. The molecule has 126 valence electrons. The van der Waals surface area contributed by atoms with E-state index in [0.29, 0.717) is 0 Å². The van der Waals surface area contributed by atoms with Gasteiger partial charge in [0.25, 0.3) is 6.29 Å². The number of anilines is 3. The lowest BCUT2D eigenvalue weighted by Crippen LogP contribution is -3.08. The molecule has 1 aliphatic heterocycles. The van der Waals surface area contributed by atoms with Gasteiger partial charge in [0.15, 0.2) is 0 Å². The molecule has 2 unspecified atom stereocenters. The van der Waals surface area contributed by atoms with Crippen molar-refractivity contribution in [3.05, 3.63) is 60.9 Å². The topological polar surface area (TPSA) is 70.5 Å². The van der Waals surface area contributed by atoms with Crippen LogP contribution in [0.3, 0.4) is 0 Å². The van der Waals surface area contributed by atoms with Crippen molar-refractivity contribution in [2.75, 3.05) is 25.1 Å². The van der Waals surface area contributed by atoms with Crippen molar-refractivity contribution in [2.24, 2.45) is 10.2 Å². The molecule has 0 spiro atoms. The summed E-state index contributed by atoms with van der Waals surface area (Å²) in [4.78, 5) is 3.23. The third-order valence-electron chi connectivity index (χ3n) is 3.71. The molecule has 0 aromatic heterocycles. The van der Waals surface area contributed by atoms with E-state index in [1.54, 1.807) is 0 Å². The van der Waals surface area contributed by atoms with E-state index >= 15 is 0 Å². The number of quaternary nitrogens is 1. The first-order valence-electron chi connectivity index (χ1n) is 7.49. The summed E-state index contributed by atoms with van der Waals surface area (Å²) in [6.45, 7) is 0. The zero-order chi connectivity index (χ0) is 16.2. The first-order valence-corrected chi connectivity index (χ1v) is 7.49. The molecule has 2 aromatic carbocycles. The molecule has 0 saturated heterocycles. The number of hydrogen-bond acceptors (Lipinski definition) is 5. The summed E-state index contributed by atoms with van der Waals surface area (Å²) in [7, 11) is 4.06. The Bertz CT molecular complexity index is 699. The largest absolute Gasteiger partial charge is 1.00 e. The van der Waals surface area contributed by atoms with Crippen LogP contribution in [-0.2, 0) is 0 Å². The highest BCUT2D eigenvalue weighted by Crippen LogP contribution is 2.21. The van der Waals surface area contributed by atoms with Gasteiger partial charge in [-0.3, -0.25) is 4.90 Å². The Hall–Kier alpha value is -2.57. The van der Waals surface area contributed by atoms with Crippen molar-refractivity contribution in [3.8, 4) is 0 Å². The van der Waals surface area contributed by atoms with Crippen LogP contribution in [0.1, 0.15) is 0 Å². The summed E-state index contributed by atoms with van der Waals surface area (Å²) in [6, 6.07) is 15.5. The molecule has 7 heteroatoms. The van der Waals surface area contributed by atoms with Crippen LogP contribution in [0.25, 0.3) is 0 Å². The van der Waals surface area contributed by atoms with Crippen LogP contribution >= 0.6 is 0 Å². The standard InChI is InChI=1S/C17H20N6.ClH/c1-22-11-12-23(2)17(22)21-20-16-9-7-15(8-10-16)19-14-5-3-13(18)4-6-14;/h3-12,17,19H,18H2,1-2H3;1H. The van der Waals surface area contributed by atoms with Gasteiger partial charge >= 0.3 is 0 Å². The van der Waals surface area contributed by atoms with Gasteiger partial charge in [-0.25, -0.2) is 0 Å².